The number of rotatable bonds is 10. The van der Waals surface area contributed by atoms with Gasteiger partial charge in [-0.1, -0.05) is 152 Å². The monoisotopic (exact) mass is 936 g/mol. The van der Waals surface area contributed by atoms with Crippen molar-refractivity contribution in [1.82, 2.24) is 0 Å². The number of furan rings is 2. The van der Waals surface area contributed by atoms with Crippen molar-refractivity contribution < 1.29 is 8.83 Å². The SMILES string of the molecule is C=Cc1oc2c(N(c3cc(C#N)cc(-c4ccccc4)c3)c3ccc4ccc5c(N(c6cc(C#N)cc(-c7ccccc7)c6)c6cccc7c8c(oc67)CCC=C8)ccc6ccc3c4c65)cccc2c1/C=C\C. The van der Waals surface area contributed by atoms with Gasteiger partial charge in [0.25, 0.3) is 0 Å². The van der Waals surface area contributed by atoms with Crippen LogP contribution in [-0.2, 0) is 6.42 Å². The van der Waals surface area contributed by atoms with E-state index in [1.54, 1.807) is 6.08 Å². The smallest absolute Gasteiger partial charge is 0.159 e. The van der Waals surface area contributed by atoms with E-state index in [0.717, 1.165) is 135 Å². The molecule has 0 fully saturated rings. The Bertz CT molecular complexity index is 4330. The topological polar surface area (TPSA) is 80.3 Å². The minimum atomic E-state index is 0.538. The molecule has 0 atom stereocenters. The number of hydrogen-bond acceptors (Lipinski definition) is 6. The van der Waals surface area contributed by atoms with Crippen LogP contribution in [0.15, 0.2) is 210 Å². The zero-order chi connectivity index (χ0) is 49.2. The summed E-state index contributed by atoms with van der Waals surface area (Å²) in [5.41, 5.74) is 13.8. The molecule has 0 amide bonds. The molecule has 0 aliphatic heterocycles. The summed E-state index contributed by atoms with van der Waals surface area (Å²) in [6.07, 6.45) is 12.0. The molecule has 0 saturated carbocycles. The minimum Gasteiger partial charge on any atom is -0.458 e. The Morgan fingerprint density at radius 1 is 0.521 bits per heavy atom. The molecule has 13 rings (SSSR count). The summed E-state index contributed by atoms with van der Waals surface area (Å²) < 4.78 is 13.7. The number of fused-ring (bicyclic) bond motifs is 4. The average molecular weight is 937 g/mol. The summed E-state index contributed by atoms with van der Waals surface area (Å²) in [6.45, 7) is 6.13. The molecule has 2 aromatic heterocycles. The van der Waals surface area contributed by atoms with Gasteiger partial charge in [-0.15, -0.1) is 0 Å². The third kappa shape index (κ3) is 7.08. The van der Waals surface area contributed by atoms with E-state index < -0.39 is 0 Å². The molecule has 73 heavy (non-hydrogen) atoms. The number of anilines is 6. The number of aryl methyl sites for hydroxylation is 1. The number of nitrogens with zero attached hydrogens (tertiary/aromatic N) is 4. The fourth-order valence-electron chi connectivity index (χ4n) is 11.1. The Morgan fingerprint density at radius 2 is 1.05 bits per heavy atom. The third-order valence-corrected chi connectivity index (χ3v) is 14.3. The molecular weight excluding hydrogens is 893 g/mol. The first-order valence-electron chi connectivity index (χ1n) is 24.6. The van der Waals surface area contributed by atoms with E-state index in [9.17, 15) is 10.5 Å². The maximum Gasteiger partial charge on any atom is 0.159 e. The van der Waals surface area contributed by atoms with Gasteiger partial charge in [-0.2, -0.15) is 10.5 Å². The maximum atomic E-state index is 10.6. The van der Waals surface area contributed by atoms with Crippen LogP contribution in [-0.4, -0.2) is 0 Å². The zero-order valence-electron chi connectivity index (χ0n) is 39.9. The first kappa shape index (κ1) is 43.2. The van der Waals surface area contributed by atoms with Crippen molar-refractivity contribution in [2.45, 2.75) is 19.8 Å². The molecule has 1 aliphatic carbocycles. The number of hydrogen-bond donors (Lipinski definition) is 0. The second-order valence-corrected chi connectivity index (χ2v) is 18.5. The van der Waals surface area contributed by atoms with Gasteiger partial charge in [-0.05, 0) is 124 Å². The Balaban J connectivity index is 1.10. The molecule has 0 unspecified atom stereocenters. The van der Waals surface area contributed by atoms with E-state index in [-0.39, 0.29) is 0 Å². The summed E-state index contributed by atoms with van der Waals surface area (Å²) in [7, 11) is 0. The van der Waals surface area contributed by atoms with Crippen molar-refractivity contribution in [3.8, 4) is 34.4 Å². The van der Waals surface area contributed by atoms with E-state index in [0.29, 0.717) is 22.5 Å². The highest BCUT2D eigenvalue weighted by molar-refractivity contribution is 6.28. The van der Waals surface area contributed by atoms with E-state index >= 15 is 0 Å². The minimum absolute atomic E-state index is 0.538. The van der Waals surface area contributed by atoms with Crippen LogP contribution in [0, 0.1) is 22.7 Å². The van der Waals surface area contributed by atoms with Crippen molar-refractivity contribution in [2.75, 3.05) is 9.80 Å². The van der Waals surface area contributed by atoms with Gasteiger partial charge < -0.3 is 18.6 Å². The predicted molar refractivity (Wildman–Crippen MR) is 302 cm³/mol. The van der Waals surface area contributed by atoms with Crippen molar-refractivity contribution >= 4 is 107 Å². The summed E-state index contributed by atoms with van der Waals surface area (Å²) in [5.74, 6) is 1.66. The van der Waals surface area contributed by atoms with Crippen molar-refractivity contribution in [3.63, 3.8) is 0 Å². The lowest BCUT2D eigenvalue weighted by Crippen LogP contribution is -2.12. The standard InChI is InChI=1S/C67H44N4O2/c1-3-15-52-54-21-13-23-60(66(54)72-62(52)4-2)70(50-36-42(40-68)34-48(38-50)44-16-7-5-8-17-44)58-32-28-46-27-31-57-59(33-29-47-26-30-56(58)64(46)65(47)57)71(51-37-43(41-69)35-49(39-51)45-18-9-6-10-19-45)61-24-14-22-55-53-20-11-12-25-63(53)73-67(55)61/h3-11,13-24,26-39H,2,12,25H2,1H3/b15-3-. The number of nitriles is 2. The van der Waals surface area contributed by atoms with E-state index in [4.69, 9.17) is 8.83 Å². The first-order valence-corrected chi connectivity index (χ1v) is 24.6. The van der Waals surface area contributed by atoms with Crippen molar-refractivity contribution in [1.29, 1.82) is 10.5 Å². The van der Waals surface area contributed by atoms with Crippen LogP contribution in [0.1, 0.15) is 47.1 Å². The lowest BCUT2D eigenvalue weighted by atomic mass is 9.91. The average Bonchev–Trinajstić information content (AvgIpc) is 4.02. The fraction of sp³-hybridized carbons (Fsp3) is 0.0448. The van der Waals surface area contributed by atoms with Gasteiger partial charge in [0, 0.05) is 50.5 Å². The molecule has 2 heterocycles. The van der Waals surface area contributed by atoms with Crippen LogP contribution in [0.25, 0.3) is 94.7 Å². The van der Waals surface area contributed by atoms with Crippen molar-refractivity contribution in [3.05, 3.63) is 234 Å². The van der Waals surface area contributed by atoms with Gasteiger partial charge >= 0.3 is 0 Å². The summed E-state index contributed by atoms with van der Waals surface area (Å²) in [6, 6.07) is 67.9. The van der Waals surface area contributed by atoms with Crippen molar-refractivity contribution in [2.24, 2.45) is 0 Å². The molecule has 0 saturated heterocycles. The molecular formula is C67H44N4O2. The molecule has 0 N–H and O–H groups in total. The van der Waals surface area contributed by atoms with Crippen LogP contribution in [0.3, 0.4) is 0 Å². The van der Waals surface area contributed by atoms with Gasteiger partial charge in [-0.3, -0.25) is 0 Å². The fourth-order valence-corrected chi connectivity index (χ4v) is 11.1. The second-order valence-electron chi connectivity index (χ2n) is 18.5. The summed E-state index contributed by atoms with van der Waals surface area (Å²) in [5, 5.41) is 29.7. The second kappa shape index (κ2) is 17.5. The van der Waals surface area contributed by atoms with Gasteiger partial charge in [0.15, 0.2) is 11.2 Å². The maximum absolute atomic E-state index is 10.6. The van der Waals surface area contributed by atoms with Gasteiger partial charge in [0.2, 0.25) is 0 Å². The van der Waals surface area contributed by atoms with Crippen LogP contribution in [0.4, 0.5) is 34.1 Å². The number of allylic oxidation sites excluding steroid dienone is 2. The Hall–Kier alpha value is -9.88. The van der Waals surface area contributed by atoms with Crippen LogP contribution in [0.2, 0.25) is 0 Å². The Morgan fingerprint density at radius 3 is 1.59 bits per heavy atom. The Kier molecular flexibility index (Phi) is 10.4. The van der Waals surface area contributed by atoms with Crippen LogP contribution >= 0.6 is 0 Å². The molecule has 0 spiro atoms. The molecule has 10 aromatic carbocycles. The van der Waals surface area contributed by atoms with Crippen LogP contribution < -0.4 is 9.80 Å². The first-order chi connectivity index (χ1) is 36.0. The highest BCUT2D eigenvalue weighted by Gasteiger charge is 2.28. The normalized spacial score (nSPS) is 12.3. The quantitative estimate of drug-likeness (QED) is 0.127. The summed E-state index contributed by atoms with van der Waals surface area (Å²) in [4.78, 5) is 4.53. The van der Waals surface area contributed by atoms with Gasteiger partial charge in [0.1, 0.15) is 11.5 Å². The molecule has 1 aliphatic rings. The Labute approximate surface area is 422 Å². The van der Waals surface area contributed by atoms with Crippen LogP contribution in [0.5, 0.6) is 0 Å². The molecule has 6 nitrogen and oxygen atoms in total. The number of benzene rings is 10. The molecule has 0 bridgehead atoms. The lowest BCUT2D eigenvalue weighted by molar-refractivity contribution is 0.546. The number of para-hydroxylation sites is 2. The molecule has 0 radical (unpaired) electrons. The van der Waals surface area contributed by atoms with E-state index in [1.807, 2.05) is 73.7 Å². The molecule has 6 heteroatoms. The summed E-state index contributed by atoms with van der Waals surface area (Å²) >= 11 is 0. The largest absolute Gasteiger partial charge is 0.458 e. The lowest BCUT2D eigenvalue weighted by Gasteiger charge is -2.30. The molecule has 12 aromatic rings. The zero-order valence-corrected chi connectivity index (χ0v) is 39.9. The highest BCUT2D eigenvalue weighted by atomic mass is 16.3. The molecule has 344 valence electrons. The van der Waals surface area contributed by atoms with Gasteiger partial charge in [-0.25, -0.2) is 0 Å². The van der Waals surface area contributed by atoms with Gasteiger partial charge in [0.05, 0.1) is 46.0 Å². The van der Waals surface area contributed by atoms with E-state index in [1.165, 1.54) is 0 Å². The highest BCUT2D eigenvalue weighted by Crippen LogP contribution is 2.51. The van der Waals surface area contributed by atoms with E-state index in [2.05, 4.69) is 168 Å². The third-order valence-electron chi connectivity index (χ3n) is 14.3. The predicted octanol–water partition coefficient (Wildman–Crippen LogP) is 18.7.